The van der Waals surface area contributed by atoms with Gasteiger partial charge in [-0.15, -0.1) is 0 Å². The summed E-state index contributed by atoms with van der Waals surface area (Å²) in [5.41, 5.74) is 3.83. The Balaban J connectivity index is 1.76. The Kier molecular flexibility index (Phi) is 5.03. The molecule has 2 amide bonds. The van der Waals surface area contributed by atoms with E-state index in [9.17, 15) is 9.59 Å². The van der Waals surface area contributed by atoms with E-state index in [-0.39, 0.29) is 11.8 Å². The zero-order valence-corrected chi connectivity index (χ0v) is 14.6. The second kappa shape index (κ2) is 7.38. The van der Waals surface area contributed by atoms with E-state index < -0.39 is 0 Å². The van der Waals surface area contributed by atoms with Crippen LogP contribution in [0.25, 0.3) is 0 Å². The van der Waals surface area contributed by atoms with Crippen molar-refractivity contribution in [3.05, 3.63) is 59.2 Å². The van der Waals surface area contributed by atoms with Gasteiger partial charge in [0.15, 0.2) is 0 Å². The molecule has 0 bridgehead atoms. The Labute approximate surface area is 147 Å². The van der Waals surface area contributed by atoms with Gasteiger partial charge in [-0.1, -0.05) is 26.0 Å². The number of rotatable bonds is 5. The first-order valence-corrected chi connectivity index (χ1v) is 8.60. The van der Waals surface area contributed by atoms with Crippen molar-refractivity contribution >= 4 is 23.2 Å². The quantitative estimate of drug-likeness (QED) is 0.784. The molecule has 0 saturated carbocycles. The molecule has 130 valence electrons. The van der Waals surface area contributed by atoms with Crippen LogP contribution in [0.5, 0.6) is 0 Å². The topological polar surface area (TPSA) is 70.2 Å². The lowest BCUT2D eigenvalue weighted by Gasteiger charge is -2.13. The maximum absolute atomic E-state index is 12.6. The van der Waals surface area contributed by atoms with Crippen LogP contribution in [0.1, 0.15) is 40.1 Å². The molecule has 3 rings (SSSR count). The van der Waals surface area contributed by atoms with Gasteiger partial charge in [-0.25, -0.2) is 0 Å². The number of para-hydroxylation sites is 1. The average molecular weight is 337 g/mol. The first kappa shape index (κ1) is 17.0. The minimum atomic E-state index is -0.209. The molecule has 2 aromatic carbocycles. The van der Waals surface area contributed by atoms with Crippen molar-refractivity contribution in [2.45, 2.75) is 20.3 Å². The molecule has 0 unspecified atom stereocenters. The number of amides is 2. The number of benzene rings is 2. The average Bonchev–Trinajstić information content (AvgIpc) is 3.07. The third kappa shape index (κ3) is 3.99. The Hall–Kier alpha value is -2.82. The van der Waals surface area contributed by atoms with Gasteiger partial charge in [0.05, 0.1) is 11.3 Å². The SMILES string of the molecule is CC(C)CNC(=O)c1ccccc1NC(=O)c1ccc2c(c1)CCN2. The number of anilines is 2. The lowest BCUT2D eigenvalue weighted by Crippen LogP contribution is -2.28. The second-order valence-corrected chi connectivity index (χ2v) is 6.65. The third-order valence-electron chi connectivity index (χ3n) is 4.17. The van der Waals surface area contributed by atoms with Crippen LogP contribution in [-0.2, 0) is 6.42 Å². The molecule has 1 aliphatic heterocycles. The molecule has 0 aliphatic carbocycles. The van der Waals surface area contributed by atoms with Crippen molar-refractivity contribution < 1.29 is 9.59 Å². The molecule has 0 fully saturated rings. The maximum atomic E-state index is 12.6. The third-order valence-corrected chi connectivity index (χ3v) is 4.17. The molecule has 0 saturated heterocycles. The summed E-state index contributed by atoms with van der Waals surface area (Å²) < 4.78 is 0. The Morgan fingerprint density at radius 2 is 1.92 bits per heavy atom. The summed E-state index contributed by atoms with van der Waals surface area (Å²) in [6, 6.07) is 12.7. The number of hydrogen-bond acceptors (Lipinski definition) is 3. The molecule has 25 heavy (non-hydrogen) atoms. The van der Waals surface area contributed by atoms with Crippen LogP contribution in [0.4, 0.5) is 11.4 Å². The van der Waals surface area contributed by atoms with Crippen molar-refractivity contribution in [2.75, 3.05) is 23.7 Å². The van der Waals surface area contributed by atoms with Crippen molar-refractivity contribution in [1.82, 2.24) is 5.32 Å². The molecule has 5 nitrogen and oxygen atoms in total. The maximum Gasteiger partial charge on any atom is 0.255 e. The fourth-order valence-corrected chi connectivity index (χ4v) is 2.82. The summed E-state index contributed by atoms with van der Waals surface area (Å²) in [6.07, 6.45) is 0.921. The normalized spacial score (nSPS) is 12.4. The van der Waals surface area contributed by atoms with Gasteiger partial charge in [0.25, 0.3) is 11.8 Å². The van der Waals surface area contributed by atoms with Gasteiger partial charge in [0.2, 0.25) is 0 Å². The first-order chi connectivity index (χ1) is 12.0. The van der Waals surface area contributed by atoms with Crippen LogP contribution in [0, 0.1) is 5.92 Å². The van der Waals surface area contributed by atoms with E-state index in [0.717, 1.165) is 24.2 Å². The predicted octanol–water partition coefficient (Wildman–Crippen LogP) is 3.29. The van der Waals surface area contributed by atoms with Gasteiger partial charge in [0.1, 0.15) is 0 Å². The van der Waals surface area contributed by atoms with Gasteiger partial charge >= 0.3 is 0 Å². The molecule has 0 atom stereocenters. The highest BCUT2D eigenvalue weighted by atomic mass is 16.2. The summed E-state index contributed by atoms with van der Waals surface area (Å²) >= 11 is 0. The molecule has 2 aromatic rings. The van der Waals surface area contributed by atoms with Crippen LogP contribution in [0.3, 0.4) is 0 Å². The van der Waals surface area contributed by atoms with Crippen LogP contribution < -0.4 is 16.0 Å². The van der Waals surface area contributed by atoms with Gasteiger partial charge in [-0.05, 0) is 48.2 Å². The fourth-order valence-electron chi connectivity index (χ4n) is 2.82. The summed E-state index contributed by atoms with van der Waals surface area (Å²) in [4.78, 5) is 25.0. The Morgan fingerprint density at radius 1 is 1.12 bits per heavy atom. The summed E-state index contributed by atoms with van der Waals surface area (Å²) in [5.74, 6) is -0.0210. The molecule has 0 spiro atoms. The molecule has 1 aliphatic rings. The standard InChI is InChI=1S/C20H23N3O2/c1-13(2)12-22-20(25)16-5-3-4-6-18(16)23-19(24)15-7-8-17-14(11-15)9-10-21-17/h3-8,11,13,21H,9-10,12H2,1-2H3,(H,22,25)(H,23,24). The molecule has 1 heterocycles. The van der Waals surface area contributed by atoms with E-state index in [1.807, 2.05) is 26.0 Å². The van der Waals surface area contributed by atoms with Crippen LogP contribution in [-0.4, -0.2) is 24.9 Å². The highest BCUT2D eigenvalue weighted by Crippen LogP contribution is 2.24. The predicted molar refractivity (Wildman–Crippen MR) is 100 cm³/mol. The van der Waals surface area contributed by atoms with Crippen molar-refractivity contribution in [3.8, 4) is 0 Å². The molecular weight excluding hydrogens is 314 g/mol. The van der Waals surface area contributed by atoms with E-state index in [0.29, 0.717) is 29.3 Å². The van der Waals surface area contributed by atoms with Crippen LogP contribution in [0.2, 0.25) is 0 Å². The molecule has 5 heteroatoms. The van der Waals surface area contributed by atoms with Crippen molar-refractivity contribution in [3.63, 3.8) is 0 Å². The van der Waals surface area contributed by atoms with Crippen molar-refractivity contribution in [1.29, 1.82) is 0 Å². The number of nitrogens with one attached hydrogen (secondary N) is 3. The van der Waals surface area contributed by atoms with E-state index in [2.05, 4.69) is 16.0 Å². The monoisotopic (exact) mass is 337 g/mol. The fraction of sp³-hybridized carbons (Fsp3) is 0.300. The van der Waals surface area contributed by atoms with E-state index in [4.69, 9.17) is 0 Å². The summed E-state index contributed by atoms with van der Waals surface area (Å²) in [7, 11) is 0. The van der Waals surface area contributed by atoms with E-state index in [1.165, 1.54) is 0 Å². The largest absolute Gasteiger partial charge is 0.384 e. The zero-order chi connectivity index (χ0) is 17.8. The Morgan fingerprint density at radius 3 is 2.72 bits per heavy atom. The smallest absolute Gasteiger partial charge is 0.255 e. The Bertz CT molecular complexity index is 799. The van der Waals surface area contributed by atoms with E-state index >= 15 is 0 Å². The van der Waals surface area contributed by atoms with Crippen LogP contribution in [0.15, 0.2) is 42.5 Å². The first-order valence-electron chi connectivity index (χ1n) is 8.60. The molecule has 0 aromatic heterocycles. The van der Waals surface area contributed by atoms with Gasteiger partial charge < -0.3 is 16.0 Å². The lowest BCUT2D eigenvalue weighted by atomic mass is 10.1. The minimum Gasteiger partial charge on any atom is -0.384 e. The second-order valence-electron chi connectivity index (χ2n) is 6.65. The summed E-state index contributed by atoms with van der Waals surface area (Å²) in [6.45, 7) is 5.57. The molecule has 0 radical (unpaired) electrons. The van der Waals surface area contributed by atoms with E-state index in [1.54, 1.807) is 30.3 Å². The number of carbonyl (C=O) groups is 2. The number of fused-ring (bicyclic) bond motifs is 1. The lowest BCUT2D eigenvalue weighted by molar-refractivity contribution is 0.0950. The van der Waals surface area contributed by atoms with Gasteiger partial charge in [0, 0.05) is 24.3 Å². The van der Waals surface area contributed by atoms with Gasteiger partial charge in [-0.2, -0.15) is 0 Å². The highest BCUT2D eigenvalue weighted by Gasteiger charge is 2.16. The van der Waals surface area contributed by atoms with Crippen molar-refractivity contribution in [2.24, 2.45) is 5.92 Å². The molecule has 3 N–H and O–H groups in total. The highest BCUT2D eigenvalue weighted by molar-refractivity contribution is 6.09. The summed E-state index contributed by atoms with van der Waals surface area (Å²) in [5, 5.41) is 9.03. The molecular formula is C20H23N3O2. The minimum absolute atomic E-state index is 0.178. The number of carbonyl (C=O) groups excluding carboxylic acids is 2. The van der Waals surface area contributed by atoms with Gasteiger partial charge in [-0.3, -0.25) is 9.59 Å². The number of hydrogen-bond donors (Lipinski definition) is 3. The van der Waals surface area contributed by atoms with Crippen LogP contribution >= 0.6 is 0 Å². The zero-order valence-electron chi connectivity index (χ0n) is 14.6.